The van der Waals surface area contributed by atoms with E-state index in [1.807, 2.05) is 45.0 Å². The summed E-state index contributed by atoms with van der Waals surface area (Å²) in [5.41, 5.74) is 0.240. The summed E-state index contributed by atoms with van der Waals surface area (Å²) in [7, 11) is 0. The number of nitrogens with zero attached hydrogens (tertiary/aromatic N) is 3. The molecule has 0 aliphatic carbocycles. The Morgan fingerprint density at radius 3 is 2.32 bits per heavy atom. The van der Waals surface area contributed by atoms with Crippen LogP contribution in [-0.4, -0.2) is 44.6 Å². The highest BCUT2D eigenvalue weighted by Gasteiger charge is 2.23. The standard InChI is InChI=1S/C22H33N3O2S/c1-15(2)24(16(3)4)12-13-25-20(27)17-10-8-9-11-18(17)23-21(25)28-14-19(26)22(5,6)7/h8-11,15-16H,12-14H2,1-7H3. The Labute approximate surface area is 172 Å². The van der Waals surface area contributed by atoms with Crippen molar-refractivity contribution >= 4 is 28.4 Å². The minimum Gasteiger partial charge on any atom is -0.298 e. The smallest absolute Gasteiger partial charge is 0.262 e. The molecular formula is C22H33N3O2S. The Bertz CT molecular complexity index is 873. The Morgan fingerprint density at radius 2 is 1.75 bits per heavy atom. The Hall–Kier alpha value is -1.66. The van der Waals surface area contributed by atoms with Crippen LogP contribution in [0.2, 0.25) is 0 Å². The van der Waals surface area contributed by atoms with Gasteiger partial charge in [-0.3, -0.25) is 19.1 Å². The van der Waals surface area contributed by atoms with Crippen LogP contribution < -0.4 is 5.56 Å². The molecule has 0 saturated heterocycles. The van der Waals surface area contributed by atoms with Gasteiger partial charge in [-0.15, -0.1) is 0 Å². The van der Waals surface area contributed by atoms with Gasteiger partial charge < -0.3 is 0 Å². The summed E-state index contributed by atoms with van der Waals surface area (Å²) in [4.78, 5) is 32.6. The van der Waals surface area contributed by atoms with Gasteiger partial charge >= 0.3 is 0 Å². The molecule has 1 heterocycles. The highest BCUT2D eigenvalue weighted by molar-refractivity contribution is 7.99. The molecule has 0 N–H and O–H groups in total. The van der Waals surface area contributed by atoms with E-state index in [-0.39, 0.29) is 11.3 Å². The number of hydrogen-bond donors (Lipinski definition) is 0. The van der Waals surface area contributed by atoms with Gasteiger partial charge in [0.15, 0.2) is 5.16 Å². The zero-order valence-electron chi connectivity index (χ0n) is 18.2. The molecule has 1 aromatic carbocycles. The van der Waals surface area contributed by atoms with Gasteiger partial charge in [-0.2, -0.15) is 0 Å². The Morgan fingerprint density at radius 1 is 1.14 bits per heavy atom. The predicted molar refractivity (Wildman–Crippen MR) is 118 cm³/mol. The van der Waals surface area contributed by atoms with Gasteiger partial charge in [0.05, 0.1) is 16.7 Å². The third-order valence-electron chi connectivity index (χ3n) is 4.90. The second-order valence-corrected chi connectivity index (χ2v) is 9.70. The first-order valence-electron chi connectivity index (χ1n) is 9.93. The lowest BCUT2D eigenvalue weighted by atomic mass is 9.92. The summed E-state index contributed by atoms with van der Waals surface area (Å²) >= 11 is 1.36. The van der Waals surface area contributed by atoms with Crippen molar-refractivity contribution in [3.8, 4) is 0 Å². The lowest BCUT2D eigenvalue weighted by Gasteiger charge is -2.30. The first-order valence-corrected chi connectivity index (χ1v) is 10.9. The van der Waals surface area contributed by atoms with Crippen LogP contribution in [0.4, 0.5) is 0 Å². The van der Waals surface area contributed by atoms with E-state index in [9.17, 15) is 9.59 Å². The molecule has 154 valence electrons. The van der Waals surface area contributed by atoms with Gasteiger partial charge in [-0.25, -0.2) is 4.98 Å². The molecule has 0 radical (unpaired) electrons. The van der Waals surface area contributed by atoms with E-state index in [4.69, 9.17) is 4.98 Å². The van der Waals surface area contributed by atoms with E-state index < -0.39 is 5.41 Å². The number of aromatic nitrogens is 2. The van der Waals surface area contributed by atoms with Crippen LogP contribution in [0.25, 0.3) is 10.9 Å². The van der Waals surface area contributed by atoms with Crippen molar-refractivity contribution in [2.45, 2.75) is 72.3 Å². The van der Waals surface area contributed by atoms with Gasteiger partial charge in [0.1, 0.15) is 5.78 Å². The van der Waals surface area contributed by atoms with E-state index in [1.165, 1.54) is 11.8 Å². The maximum atomic E-state index is 13.1. The quantitative estimate of drug-likeness (QED) is 0.488. The normalized spacial score (nSPS) is 12.5. The Balaban J connectivity index is 2.39. The molecule has 0 spiro atoms. The minimum absolute atomic E-state index is 0.0382. The summed E-state index contributed by atoms with van der Waals surface area (Å²) in [5.74, 6) is 0.462. The first-order chi connectivity index (χ1) is 13.0. The lowest BCUT2D eigenvalue weighted by Crippen LogP contribution is -2.40. The van der Waals surface area contributed by atoms with Gasteiger partial charge in [0.2, 0.25) is 0 Å². The first kappa shape index (κ1) is 22.6. The van der Waals surface area contributed by atoms with Crippen LogP contribution in [0.5, 0.6) is 0 Å². The molecule has 5 nitrogen and oxygen atoms in total. The van der Waals surface area contributed by atoms with Gasteiger partial charge in [-0.1, -0.05) is 44.7 Å². The topological polar surface area (TPSA) is 55.2 Å². The predicted octanol–water partition coefficient (Wildman–Crippen LogP) is 4.22. The number of carbonyl (C=O) groups excluding carboxylic acids is 1. The molecule has 6 heteroatoms. The van der Waals surface area contributed by atoms with Crippen LogP contribution >= 0.6 is 11.8 Å². The fraction of sp³-hybridized carbons (Fsp3) is 0.591. The van der Waals surface area contributed by atoms with E-state index in [0.717, 1.165) is 6.54 Å². The van der Waals surface area contributed by atoms with Crippen molar-refractivity contribution in [3.63, 3.8) is 0 Å². The van der Waals surface area contributed by atoms with Gasteiger partial charge in [-0.05, 0) is 39.8 Å². The third kappa shape index (κ3) is 5.45. The molecule has 0 atom stereocenters. The average Bonchev–Trinajstić information content (AvgIpc) is 2.60. The molecule has 0 unspecified atom stereocenters. The maximum absolute atomic E-state index is 13.1. The fourth-order valence-corrected chi connectivity index (χ4v) is 4.32. The molecule has 0 fully saturated rings. The summed E-state index contributed by atoms with van der Waals surface area (Å²) in [6, 6.07) is 8.20. The highest BCUT2D eigenvalue weighted by Crippen LogP contribution is 2.23. The number of rotatable bonds is 8. The number of benzene rings is 1. The molecule has 0 aliphatic heterocycles. The molecule has 28 heavy (non-hydrogen) atoms. The summed E-state index contributed by atoms with van der Waals surface area (Å²) in [6.07, 6.45) is 0. The van der Waals surface area contributed by atoms with E-state index in [1.54, 1.807) is 4.57 Å². The summed E-state index contributed by atoms with van der Waals surface area (Å²) in [6.45, 7) is 15.7. The molecule has 2 rings (SSSR count). The zero-order valence-corrected chi connectivity index (χ0v) is 19.0. The number of thioether (sulfide) groups is 1. The SMILES string of the molecule is CC(C)N(CCn1c(SCC(=O)C(C)(C)C)nc2ccccc2c1=O)C(C)C. The lowest BCUT2D eigenvalue weighted by molar-refractivity contribution is -0.123. The molecule has 0 aliphatic rings. The van der Waals surface area contributed by atoms with Crippen molar-refractivity contribution in [3.05, 3.63) is 34.6 Å². The van der Waals surface area contributed by atoms with Crippen molar-refractivity contribution in [1.29, 1.82) is 0 Å². The van der Waals surface area contributed by atoms with E-state index >= 15 is 0 Å². The molecular weight excluding hydrogens is 370 g/mol. The minimum atomic E-state index is -0.402. The number of fused-ring (bicyclic) bond motifs is 1. The molecule has 0 saturated carbocycles. The van der Waals surface area contributed by atoms with Crippen LogP contribution in [0.3, 0.4) is 0 Å². The van der Waals surface area contributed by atoms with Crippen molar-refractivity contribution < 1.29 is 4.79 Å². The summed E-state index contributed by atoms with van der Waals surface area (Å²) < 4.78 is 1.74. The second kappa shape index (κ2) is 9.23. The number of ketones is 1. The molecule has 2 aromatic rings. The van der Waals surface area contributed by atoms with Crippen LogP contribution in [-0.2, 0) is 11.3 Å². The zero-order chi connectivity index (χ0) is 21.1. The highest BCUT2D eigenvalue weighted by atomic mass is 32.2. The van der Waals surface area contributed by atoms with Crippen LogP contribution in [0, 0.1) is 5.41 Å². The van der Waals surface area contributed by atoms with Gasteiger partial charge in [0.25, 0.3) is 5.56 Å². The molecule has 0 bridgehead atoms. The van der Waals surface area contributed by atoms with Crippen molar-refractivity contribution in [1.82, 2.24) is 14.5 Å². The third-order valence-corrected chi connectivity index (χ3v) is 5.88. The van der Waals surface area contributed by atoms with E-state index in [2.05, 4.69) is 32.6 Å². The number of carbonyl (C=O) groups is 1. The number of para-hydroxylation sites is 1. The van der Waals surface area contributed by atoms with Crippen molar-refractivity contribution in [2.24, 2.45) is 5.41 Å². The monoisotopic (exact) mass is 403 g/mol. The maximum Gasteiger partial charge on any atom is 0.262 e. The largest absolute Gasteiger partial charge is 0.298 e. The number of hydrogen-bond acceptors (Lipinski definition) is 5. The number of Topliss-reactive ketones (excluding diaryl/α,β-unsaturated/α-hetero) is 1. The van der Waals surface area contributed by atoms with Crippen LogP contribution in [0.1, 0.15) is 48.5 Å². The summed E-state index contributed by atoms with van der Waals surface area (Å²) in [5, 5.41) is 1.24. The van der Waals surface area contributed by atoms with Crippen LogP contribution in [0.15, 0.2) is 34.2 Å². The van der Waals surface area contributed by atoms with E-state index in [0.29, 0.717) is 40.4 Å². The molecule has 0 amide bonds. The Kier molecular flexibility index (Phi) is 7.46. The fourth-order valence-electron chi connectivity index (χ4n) is 3.13. The van der Waals surface area contributed by atoms with Crippen molar-refractivity contribution in [2.75, 3.05) is 12.3 Å². The second-order valence-electron chi connectivity index (χ2n) is 8.76. The average molecular weight is 404 g/mol. The van der Waals surface area contributed by atoms with Gasteiger partial charge in [0, 0.05) is 30.6 Å². The molecule has 1 aromatic heterocycles.